The van der Waals surface area contributed by atoms with Crippen molar-refractivity contribution >= 4 is 17.4 Å². The molecule has 5 nitrogen and oxygen atoms in total. The van der Waals surface area contributed by atoms with Gasteiger partial charge in [-0.15, -0.1) is 0 Å². The van der Waals surface area contributed by atoms with Gasteiger partial charge in [-0.2, -0.15) is 0 Å². The number of nitrogen functional groups attached to an aromatic ring is 1. The highest BCUT2D eigenvalue weighted by molar-refractivity contribution is 5.95. The summed E-state index contributed by atoms with van der Waals surface area (Å²) in [7, 11) is 0. The molecule has 2 aromatic rings. The zero-order valence-corrected chi connectivity index (χ0v) is 13.0. The number of anilines is 1. The van der Waals surface area contributed by atoms with Gasteiger partial charge in [-0.3, -0.25) is 4.79 Å². The molecular formula is C18H19NO4. The number of carbonyl (C=O) groups is 2. The lowest BCUT2D eigenvalue weighted by molar-refractivity contribution is -0.145. The smallest absolute Gasteiger partial charge is 0.344 e. The maximum atomic E-state index is 11.7. The third-order valence-electron chi connectivity index (χ3n) is 3.26. The van der Waals surface area contributed by atoms with Gasteiger partial charge in [-0.25, -0.2) is 4.79 Å². The molecule has 2 rings (SSSR count). The molecule has 120 valence electrons. The summed E-state index contributed by atoms with van der Waals surface area (Å²) < 4.78 is 10.4. The Hall–Kier alpha value is -2.82. The zero-order chi connectivity index (χ0) is 16.7. The number of esters is 1. The van der Waals surface area contributed by atoms with E-state index in [1.165, 1.54) is 13.0 Å². The van der Waals surface area contributed by atoms with Crippen LogP contribution in [0.4, 0.5) is 5.69 Å². The number of Topliss-reactive ketones (excluding diaryl/α,β-unsaturated/α-hetero) is 1. The summed E-state index contributed by atoms with van der Waals surface area (Å²) in [6, 6.07) is 14.5. The van der Waals surface area contributed by atoms with Crippen LogP contribution in [0.15, 0.2) is 48.5 Å². The molecule has 0 radical (unpaired) electrons. The third-order valence-corrected chi connectivity index (χ3v) is 3.26. The molecule has 2 aromatic carbocycles. The van der Waals surface area contributed by atoms with Crippen molar-refractivity contribution in [2.45, 2.75) is 13.3 Å². The predicted octanol–water partition coefficient (Wildman–Crippen LogP) is 2.64. The van der Waals surface area contributed by atoms with Crippen molar-refractivity contribution in [3.8, 4) is 5.75 Å². The van der Waals surface area contributed by atoms with Crippen molar-refractivity contribution < 1.29 is 19.1 Å². The van der Waals surface area contributed by atoms with Crippen LogP contribution in [0.3, 0.4) is 0 Å². The van der Waals surface area contributed by atoms with Crippen molar-refractivity contribution in [2.75, 3.05) is 18.9 Å². The number of benzene rings is 2. The maximum Gasteiger partial charge on any atom is 0.344 e. The van der Waals surface area contributed by atoms with Crippen LogP contribution in [0.2, 0.25) is 0 Å². The molecule has 5 heteroatoms. The molecule has 2 N–H and O–H groups in total. The molecule has 0 saturated heterocycles. The first kappa shape index (κ1) is 16.5. The average Bonchev–Trinajstić information content (AvgIpc) is 2.54. The Morgan fingerprint density at radius 3 is 2.48 bits per heavy atom. The molecule has 0 fully saturated rings. The highest BCUT2D eigenvalue weighted by atomic mass is 16.6. The van der Waals surface area contributed by atoms with E-state index in [2.05, 4.69) is 0 Å². The number of nitrogens with two attached hydrogens (primary N) is 1. The fourth-order valence-corrected chi connectivity index (χ4v) is 2.00. The van der Waals surface area contributed by atoms with Crippen molar-refractivity contribution in [1.82, 2.24) is 0 Å². The van der Waals surface area contributed by atoms with Gasteiger partial charge in [0.1, 0.15) is 5.75 Å². The van der Waals surface area contributed by atoms with E-state index in [9.17, 15) is 9.59 Å². The van der Waals surface area contributed by atoms with Crippen LogP contribution >= 0.6 is 0 Å². The number of rotatable bonds is 7. The standard InChI is InChI=1S/C18H19NO4/c1-13(20)15-7-8-17(16(19)11-15)23-12-18(21)22-10-9-14-5-3-2-4-6-14/h2-8,11H,9-10,12,19H2,1H3. The first-order valence-corrected chi connectivity index (χ1v) is 7.29. The first-order valence-electron chi connectivity index (χ1n) is 7.29. The second-order valence-electron chi connectivity index (χ2n) is 5.05. The second-order valence-corrected chi connectivity index (χ2v) is 5.05. The fraction of sp³-hybridized carbons (Fsp3) is 0.222. The molecule has 0 bridgehead atoms. The van der Waals surface area contributed by atoms with E-state index in [0.29, 0.717) is 30.0 Å². The highest BCUT2D eigenvalue weighted by Gasteiger charge is 2.08. The molecule has 0 saturated carbocycles. The molecule has 0 aliphatic rings. The number of carbonyl (C=O) groups excluding carboxylic acids is 2. The van der Waals surface area contributed by atoms with Gasteiger partial charge in [0.25, 0.3) is 0 Å². The van der Waals surface area contributed by atoms with Crippen LogP contribution in [-0.4, -0.2) is 25.0 Å². The molecule has 23 heavy (non-hydrogen) atoms. The van der Waals surface area contributed by atoms with Gasteiger partial charge < -0.3 is 15.2 Å². The van der Waals surface area contributed by atoms with E-state index in [0.717, 1.165) is 5.56 Å². The lowest BCUT2D eigenvalue weighted by Gasteiger charge is -2.10. The van der Waals surface area contributed by atoms with Crippen molar-refractivity contribution in [3.63, 3.8) is 0 Å². The van der Waals surface area contributed by atoms with E-state index in [-0.39, 0.29) is 12.4 Å². The third kappa shape index (κ3) is 5.14. The molecule has 0 amide bonds. The largest absolute Gasteiger partial charge is 0.480 e. The van der Waals surface area contributed by atoms with Gasteiger partial charge in [0, 0.05) is 12.0 Å². The Kier molecular flexibility index (Phi) is 5.74. The van der Waals surface area contributed by atoms with E-state index in [4.69, 9.17) is 15.2 Å². The minimum Gasteiger partial charge on any atom is -0.480 e. The summed E-state index contributed by atoms with van der Waals surface area (Å²) >= 11 is 0. The molecule has 0 aliphatic carbocycles. The number of ketones is 1. The minimum atomic E-state index is -0.462. The first-order chi connectivity index (χ1) is 11.1. The highest BCUT2D eigenvalue weighted by Crippen LogP contribution is 2.22. The second kappa shape index (κ2) is 7.98. The Morgan fingerprint density at radius 1 is 1.09 bits per heavy atom. The molecule has 0 heterocycles. The van der Waals surface area contributed by atoms with Gasteiger partial charge in [-0.05, 0) is 30.7 Å². The average molecular weight is 313 g/mol. The molecular weight excluding hydrogens is 294 g/mol. The van der Waals surface area contributed by atoms with E-state index < -0.39 is 5.97 Å². The van der Waals surface area contributed by atoms with Crippen molar-refractivity contribution in [1.29, 1.82) is 0 Å². The molecule has 0 spiro atoms. The monoisotopic (exact) mass is 313 g/mol. The van der Waals surface area contributed by atoms with Gasteiger partial charge >= 0.3 is 5.97 Å². The summed E-state index contributed by atoms with van der Waals surface area (Å²) in [5, 5.41) is 0. The Labute approximate surface area is 135 Å². The lowest BCUT2D eigenvalue weighted by atomic mass is 10.1. The number of ether oxygens (including phenoxy) is 2. The molecule has 0 aliphatic heterocycles. The van der Waals surface area contributed by atoms with Gasteiger partial charge in [-0.1, -0.05) is 30.3 Å². The Morgan fingerprint density at radius 2 is 1.83 bits per heavy atom. The number of hydrogen-bond donors (Lipinski definition) is 1. The van der Waals surface area contributed by atoms with Crippen LogP contribution in [0.1, 0.15) is 22.8 Å². The zero-order valence-electron chi connectivity index (χ0n) is 13.0. The quantitative estimate of drug-likeness (QED) is 0.483. The Balaban J connectivity index is 1.77. The van der Waals surface area contributed by atoms with Crippen LogP contribution in [0.25, 0.3) is 0 Å². The predicted molar refractivity (Wildman–Crippen MR) is 87.5 cm³/mol. The van der Waals surface area contributed by atoms with Gasteiger partial charge in [0.05, 0.1) is 12.3 Å². The summed E-state index contributed by atoms with van der Waals surface area (Å²) in [6.45, 7) is 1.53. The summed E-state index contributed by atoms with van der Waals surface area (Å²) in [6.07, 6.45) is 0.655. The summed E-state index contributed by atoms with van der Waals surface area (Å²) in [5.74, 6) is -0.186. The lowest BCUT2D eigenvalue weighted by Crippen LogP contribution is -2.16. The molecule has 0 unspecified atom stereocenters. The Bertz CT molecular complexity index is 683. The fourth-order valence-electron chi connectivity index (χ4n) is 2.00. The van der Waals surface area contributed by atoms with E-state index >= 15 is 0 Å². The van der Waals surface area contributed by atoms with E-state index in [1.807, 2.05) is 30.3 Å². The normalized spacial score (nSPS) is 10.1. The minimum absolute atomic E-state index is 0.0800. The topological polar surface area (TPSA) is 78.6 Å². The van der Waals surface area contributed by atoms with Gasteiger partial charge in [0.15, 0.2) is 12.4 Å². The van der Waals surface area contributed by atoms with Gasteiger partial charge in [0.2, 0.25) is 0 Å². The summed E-state index contributed by atoms with van der Waals surface area (Å²) in [4.78, 5) is 22.9. The van der Waals surface area contributed by atoms with Crippen LogP contribution in [0.5, 0.6) is 5.75 Å². The summed E-state index contributed by atoms with van der Waals surface area (Å²) in [5.41, 5.74) is 7.71. The maximum absolute atomic E-state index is 11.7. The SMILES string of the molecule is CC(=O)c1ccc(OCC(=O)OCCc2ccccc2)c(N)c1. The van der Waals surface area contributed by atoms with E-state index in [1.54, 1.807) is 12.1 Å². The molecule has 0 atom stereocenters. The van der Waals surface area contributed by atoms with Crippen LogP contribution in [0, 0.1) is 0 Å². The van der Waals surface area contributed by atoms with Crippen LogP contribution < -0.4 is 10.5 Å². The van der Waals surface area contributed by atoms with Crippen LogP contribution in [-0.2, 0) is 16.0 Å². The van der Waals surface area contributed by atoms with Crippen molar-refractivity contribution in [3.05, 3.63) is 59.7 Å². The molecule has 0 aromatic heterocycles. The van der Waals surface area contributed by atoms with Crippen molar-refractivity contribution in [2.24, 2.45) is 0 Å². The number of hydrogen-bond acceptors (Lipinski definition) is 5.